The van der Waals surface area contributed by atoms with Crippen LogP contribution in [0.1, 0.15) is 5.69 Å². The molecule has 0 aliphatic carbocycles. The largest absolute Gasteiger partial charge is 0.383 e. The number of benzene rings is 1. The molecule has 19 heavy (non-hydrogen) atoms. The minimum Gasteiger partial charge on any atom is -0.383 e. The Morgan fingerprint density at radius 3 is 2.84 bits per heavy atom. The Morgan fingerprint density at radius 1 is 1.42 bits per heavy atom. The molecule has 7 heteroatoms. The number of rotatable bonds is 3. The van der Waals surface area contributed by atoms with E-state index >= 15 is 0 Å². The van der Waals surface area contributed by atoms with E-state index in [1.54, 1.807) is 13.2 Å². The van der Waals surface area contributed by atoms with Gasteiger partial charge in [0.2, 0.25) is 0 Å². The molecular weight excluding hydrogens is 444 g/mol. The summed E-state index contributed by atoms with van der Waals surface area (Å²) in [5.74, 6) is 0.921. The van der Waals surface area contributed by atoms with Crippen molar-refractivity contribution in [1.29, 1.82) is 0 Å². The van der Waals surface area contributed by atoms with Gasteiger partial charge in [-0.15, -0.1) is 0 Å². The van der Waals surface area contributed by atoms with E-state index < -0.39 is 0 Å². The maximum atomic E-state index is 6.18. The van der Waals surface area contributed by atoms with Gasteiger partial charge < -0.3 is 10.5 Å². The predicted molar refractivity (Wildman–Crippen MR) is 88.0 cm³/mol. The number of ether oxygens (including phenoxy) is 1. The van der Waals surface area contributed by atoms with E-state index in [1.165, 1.54) is 0 Å². The first kappa shape index (κ1) is 15.0. The third-order valence-electron chi connectivity index (χ3n) is 2.40. The molecule has 100 valence electrons. The molecule has 0 unspecified atom stereocenters. The van der Waals surface area contributed by atoms with Gasteiger partial charge in [-0.05, 0) is 40.8 Å². The smallest absolute Gasteiger partial charge is 0.163 e. The van der Waals surface area contributed by atoms with Gasteiger partial charge in [-0.3, -0.25) is 0 Å². The maximum absolute atomic E-state index is 6.18. The van der Waals surface area contributed by atoms with Gasteiger partial charge in [0, 0.05) is 17.1 Å². The van der Waals surface area contributed by atoms with Crippen molar-refractivity contribution >= 4 is 55.9 Å². The van der Waals surface area contributed by atoms with Crippen LogP contribution in [-0.4, -0.2) is 17.1 Å². The molecule has 0 bridgehead atoms. The van der Waals surface area contributed by atoms with Gasteiger partial charge in [0.25, 0.3) is 0 Å². The lowest BCUT2D eigenvalue weighted by atomic mass is 10.2. The SMILES string of the molecule is COCc1nc(-c2cc(Br)ccc2Cl)nc(N)c1I. The fourth-order valence-corrected chi connectivity index (χ4v) is 2.49. The van der Waals surface area contributed by atoms with E-state index in [4.69, 9.17) is 22.1 Å². The normalized spacial score (nSPS) is 10.7. The Balaban J connectivity index is 2.59. The molecule has 0 aliphatic rings. The van der Waals surface area contributed by atoms with Crippen molar-refractivity contribution in [2.75, 3.05) is 12.8 Å². The highest BCUT2D eigenvalue weighted by Crippen LogP contribution is 2.30. The summed E-state index contributed by atoms with van der Waals surface area (Å²) in [6, 6.07) is 5.51. The zero-order valence-electron chi connectivity index (χ0n) is 9.95. The number of aromatic nitrogens is 2. The molecule has 2 N–H and O–H groups in total. The summed E-state index contributed by atoms with van der Waals surface area (Å²) in [5.41, 5.74) is 7.39. The second-order valence-corrected chi connectivity index (χ2v) is 6.15. The van der Waals surface area contributed by atoms with Gasteiger partial charge in [0.1, 0.15) is 5.82 Å². The van der Waals surface area contributed by atoms with Crippen LogP contribution in [0.5, 0.6) is 0 Å². The van der Waals surface area contributed by atoms with Crippen molar-refractivity contribution in [2.45, 2.75) is 6.61 Å². The van der Waals surface area contributed by atoms with Crippen LogP contribution < -0.4 is 5.73 Å². The molecule has 0 radical (unpaired) electrons. The van der Waals surface area contributed by atoms with Crippen LogP contribution in [0.4, 0.5) is 5.82 Å². The quantitative estimate of drug-likeness (QED) is 0.715. The van der Waals surface area contributed by atoms with E-state index in [2.05, 4.69) is 48.5 Å². The fraction of sp³-hybridized carbons (Fsp3) is 0.167. The van der Waals surface area contributed by atoms with Gasteiger partial charge >= 0.3 is 0 Å². The van der Waals surface area contributed by atoms with Crippen LogP contribution in [0.2, 0.25) is 5.02 Å². The minimum atomic E-state index is 0.379. The molecule has 4 nitrogen and oxygen atoms in total. The summed E-state index contributed by atoms with van der Waals surface area (Å²) in [4.78, 5) is 8.75. The number of nitrogens with zero attached hydrogens (tertiary/aromatic N) is 2. The summed E-state index contributed by atoms with van der Waals surface area (Å²) < 4.78 is 6.82. The number of hydrogen-bond donors (Lipinski definition) is 1. The zero-order chi connectivity index (χ0) is 14.0. The Kier molecular flexibility index (Phi) is 4.99. The number of hydrogen-bond acceptors (Lipinski definition) is 4. The van der Waals surface area contributed by atoms with Crippen molar-refractivity contribution in [3.05, 3.63) is 37.0 Å². The van der Waals surface area contributed by atoms with E-state index in [-0.39, 0.29) is 0 Å². The summed E-state index contributed by atoms with van der Waals surface area (Å²) in [5, 5.41) is 0.576. The Bertz CT molecular complexity index is 624. The molecule has 0 fully saturated rings. The molecule has 0 atom stereocenters. The Labute approximate surface area is 138 Å². The van der Waals surface area contributed by atoms with Crippen LogP contribution in [0, 0.1) is 3.57 Å². The number of methoxy groups -OCH3 is 1. The average molecular weight is 454 g/mol. The van der Waals surface area contributed by atoms with E-state index in [0.717, 1.165) is 19.3 Å². The zero-order valence-corrected chi connectivity index (χ0v) is 14.5. The molecule has 0 amide bonds. The van der Waals surface area contributed by atoms with Crippen molar-refractivity contribution < 1.29 is 4.74 Å². The fourth-order valence-electron chi connectivity index (χ4n) is 1.53. The molecule has 1 aromatic heterocycles. The van der Waals surface area contributed by atoms with Gasteiger partial charge in [0.15, 0.2) is 5.82 Å². The number of halogens is 3. The van der Waals surface area contributed by atoms with Crippen LogP contribution in [0.3, 0.4) is 0 Å². The van der Waals surface area contributed by atoms with Crippen molar-refractivity contribution in [3.8, 4) is 11.4 Å². The second-order valence-electron chi connectivity index (χ2n) is 3.75. The predicted octanol–water partition coefficient (Wildman–Crippen LogP) is 3.89. The number of anilines is 1. The third-order valence-corrected chi connectivity index (χ3v) is 4.39. The molecule has 2 rings (SSSR count). The van der Waals surface area contributed by atoms with Gasteiger partial charge in [-0.2, -0.15) is 0 Å². The Hall–Kier alpha value is -0.440. The highest BCUT2D eigenvalue weighted by atomic mass is 127. The van der Waals surface area contributed by atoms with Crippen LogP contribution in [0.15, 0.2) is 22.7 Å². The topological polar surface area (TPSA) is 61.0 Å². The summed E-state index contributed by atoms with van der Waals surface area (Å²) in [6.45, 7) is 0.379. The van der Waals surface area contributed by atoms with Crippen LogP contribution in [0.25, 0.3) is 11.4 Å². The van der Waals surface area contributed by atoms with E-state index in [1.807, 2.05) is 12.1 Å². The Morgan fingerprint density at radius 2 is 2.16 bits per heavy atom. The summed E-state index contributed by atoms with van der Waals surface area (Å²) in [6.07, 6.45) is 0. The molecule has 1 aromatic carbocycles. The molecular formula is C12H10BrClIN3O. The standard InChI is InChI=1S/C12H10BrClIN3O/c1-19-5-9-10(15)11(16)18-12(17-9)7-4-6(13)2-3-8(7)14/h2-4H,5H2,1H3,(H2,16,17,18). The first-order valence-corrected chi connectivity index (χ1v) is 7.54. The van der Waals surface area contributed by atoms with Crippen LogP contribution in [-0.2, 0) is 11.3 Å². The summed E-state index contributed by atoms with van der Waals surface area (Å²) >= 11 is 11.7. The minimum absolute atomic E-state index is 0.379. The van der Waals surface area contributed by atoms with E-state index in [9.17, 15) is 0 Å². The molecule has 0 saturated carbocycles. The third kappa shape index (κ3) is 3.36. The molecule has 2 aromatic rings. The maximum Gasteiger partial charge on any atom is 0.163 e. The molecule has 1 heterocycles. The molecule has 0 spiro atoms. The lowest BCUT2D eigenvalue weighted by molar-refractivity contribution is 0.181. The molecule has 0 saturated heterocycles. The van der Waals surface area contributed by atoms with Gasteiger partial charge in [-0.25, -0.2) is 9.97 Å². The van der Waals surface area contributed by atoms with Gasteiger partial charge in [-0.1, -0.05) is 27.5 Å². The van der Waals surface area contributed by atoms with Crippen molar-refractivity contribution in [2.24, 2.45) is 0 Å². The highest BCUT2D eigenvalue weighted by molar-refractivity contribution is 14.1. The highest BCUT2D eigenvalue weighted by Gasteiger charge is 2.13. The molecule has 0 aliphatic heterocycles. The van der Waals surface area contributed by atoms with Crippen LogP contribution >= 0.6 is 50.1 Å². The average Bonchev–Trinajstić information content (AvgIpc) is 2.38. The first-order chi connectivity index (χ1) is 9.02. The second kappa shape index (κ2) is 6.34. The number of nitrogens with two attached hydrogens (primary N) is 1. The van der Waals surface area contributed by atoms with Crippen molar-refractivity contribution in [1.82, 2.24) is 9.97 Å². The lowest BCUT2D eigenvalue weighted by Crippen LogP contribution is -2.06. The van der Waals surface area contributed by atoms with Gasteiger partial charge in [0.05, 0.1) is 20.9 Å². The monoisotopic (exact) mass is 453 g/mol. The summed E-state index contributed by atoms with van der Waals surface area (Å²) in [7, 11) is 1.61. The number of nitrogen functional groups attached to an aromatic ring is 1. The first-order valence-electron chi connectivity index (χ1n) is 5.29. The van der Waals surface area contributed by atoms with E-state index in [0.29, 0.717) is 23.3 Å². The van der Waals surface area contributed by atoms with Crippen molar-refractivity contribution in [3.63, 3.8) is 0 Å². The lowest BCUT2D eigenvalue weighted by Gasteiger charge is -2.09.